The average molecular weight is 295 g/mol. The van der Waals surface area contributed by atoms with E-state index in [1.165, 1.54) is 0 Å². The first-order valence-electron chi connectivity index (χ1n) is 7.48. The minimum Gasteiger partial charge on any atom is -0.506 e. The van der Waals surface area contributed by atoms with Crippen LogP contribution in [-0.4, -0.2) is 23.5 Å². The number of nitrogens with zero attached hydrogens (tertiary/aromatic N) is 1. The lowest BCUT2D eigenvalue weighted by atomic mass is 9.85. The Balaban J connectivity index is 1.81. The van der Waals surface area contributed by atoms with Crippen molar-refractivity contribution in [1.29, 1.82) is 0 Å². The third-order valence-electron chi connectivity index (χ3n) is 4.53. The van der Waals surface area contributed by atoms with Gasteiger partial charge in [-0.25, -0.2) is 8.78 Å². The van der Waals surface area contributed by atoms with Gasteiger partial charge in [-0.05, 0) is 37.3 Å². The molecule has 114 valence electrons. The molecule has 0 aromatic heterocycles. The molecule has 0 bridgehead atoms. The maximum absolute atomic E-state index is 13.2. The van der Waals surface area contributed by atoms with E-state index in [9.17, 15) is 18.7 Å². The highest BCUT2D eigenvalue weighted by atomic mass is 19.3. The molecule has 1 saturated carbocycles. The maximum Gasteiger partial charge on any atom is 0.248 e. The van der Waals surface area contributed by atoms with Crippen molar-refractivity contribution in [1.82, 2.24) is 0 Å². The summed E-state index contributed by atoms with van der Waals surface area (Å²) >= 11 is 0. The van der Waals surface area contributed by atoms with E-state index in [2.05, 4.69) is 0 Å². The Kier molecular flexibility index (Phi) is 3.59. The number of alkyl halides is 2. The quantitative estimate of drug-likeness (QED) is 0.861. The Hall–Kier alpha value is -1.65. The largest absolute Gasteiger partial charge is 0.506 e. The normalized spacial score (nSPS) is 21.9. The fraction of sp³-hybridized carbons (Fsp3) is 0.562. The summed E-state index contributed by atoms with van der Waals surface area (Å²) in [5.41, 5.74) is 1.53. The summed E-state index contributed by atoms with van der Waals surface area (Å²) in [5.74, 6) is -3.00. The number of aryl methyl sites for hydroxylation is 1. The molecular weight excluding hydrogens is 276 g/mol. The van der Waals surface area contributed by atoms with Gasteiger partial charge in [-0.15, -0.1) is 0 Å². The molecule has 1 aliphatic heterocycles. The van der Waals surface area contributed by atoms with Gasteiger partial charge in [0.05, 0.1) is 5.69 Å². The van der Waals surface area contributed by atoms with E-state index >= 15 is 0 Å². The van der Waals surface area contributed by atoms with E-state index in [0.29, 0.717) is 12.2 Å². The van der Waals surface area contributed by atoms with Gasteiger partial charge in [0.15, 0.2) is 0 Å². The average Bonchev–Trinajstić information content (AvgIpc) is 2.46. The summed E-state index contributed by atoms with van der Waals surface area (Å²) < 4.78 is 26.4. The zero-order valence-corrected chi connectivity index (χ0v) is 11.8. The lowest BCUT2D eigenvalue weighted by molar-refractivity contribution is -0.126. The first kappa shape index (κ1) is 14.3. The number of hydrogen-bond acceptors (Lipinski definition) is 2. The molecular formula is C16H19F2NO2. The van der Waals surface area contributed by atoms with Crippen LogP contribution in [0.1, 0.15) is 37.7 Å². The number of hydrogen-bond donors (Lipinski definition) is 1. The van der Waals surface area contributed by atoms with Crippen LogP contribution in [0, 0.1) is 5.92 Å². The second-order valence-electron chi connectivity index (χ2n) is 6.01. The van der Waals surface area contributed by atoms with E-state index < -0.39 is 5.92 Å². The van der Waals surface area contributed by atoms with Crippen LogP contribution in [0.15, 0.2) is 18.2 Å². The molecule has 0 radical (unpaired) electrons. The van der Waals surface area contributed by atoms with Crippen molar-refractivity contribution in [3.05, 3.63) is 23.8 Å². The van der Waals surface area contributed by atoms with Gasteiger partial charge >= 0.3 is 0 Å². The van der Waals surface area contributed by atoms with Crippen LogP contribution in [0.4, 0.5) is 14.5 Å². The smallest absolute Gasteiger partial charge is 0.248 e. The monoisotopic (exact) mass is 295 g/mol. The van der Waals surface area contributed by atoms with Crippen LogP contribution in [0.25, 0.3) is 0 Å². The topological polar surface area (TPSA) is 40.5 Å². The highest BCUT2D eigenvalue weighted by molar-refractivity contribution is 5.97. The van der Waals surface area contributed by atoms with Crippen LogP contribution in [-0.2, 0) is 11.2 Å². The Labute approximate surface area is 122 Å². The van der Waals surface area contributed by atoms with E-state index in [1.54, 1.807) is 17.0 Å². The number of anilines is 1. The summed E-state index contributed by atoms with van der Waals surface area (Å²) in [5, 5.41) is 10.0. The summed E-state index contributed by atoms with van der Waals surface area (Å²) in [4.78, 5) is 14.2. The van der Waals surface area contributed by atoms with Gasteiger partial charge in [0.25, 0.3) is 0 Å². The Morgan fingerprint density at radius 1 is 1.29 bits per heavy atom. The van der Waals surface area contributed by atoms with Crippen molar-refractivity contribution in [2.75, 3.05) is 11.4 Å². The van der Waals surface area contributed by atoms with Gasteiger partial charge in [-0.2, -0.15) is 0 Å². The fourth-order valence-corrected chi connectivity index (χ4v) is 3.36. The van der Waals surface area contributed by atoms with Crippen LogP contribution in [0.5, 0.6) is 5.75 Å². The number of phenolic OH excluding ortho intramolecular Hbond substituents is 1. The molecule has 2 aliphatic rings. The van der Waals surface area contributed by atoms with Crippen molar-refractivity contribution >= 4 is 11.6 Å². The van der Waals surface area contributed by atoms with E-state index in [-0.39, 0.29) is 43.3 Å². The molecule has 1 amide bonds. The SMILES string of the molecule is O=C(C1CCC(F)(F)CC1)N1CCCc2cccc(O)c21. The number of carbonyl (C=O) groups excluding carboxylic acids is 1. The summed E-state index contributed by atoms with van der Waals surface area (Å²) in [6.45, 7) is 0.552. The molecule has 0 spiro atoms. The molecule has 3 rings (SSSR count). The Bertz CT molecular complexity index is 549. The van der Waals surface area contributed by atoms with E-state index in [1.807, 2.05) is 6.07 Å². The zero-order valence-electron chi connectivity index (χ0n) is 11.8. The summed E-state index contributed by atoms with van der Waals surface area (Å²) in [6.07, 6.45) is 1.69. The molecule has 5 heteroatoms. The van der Waals surface area contributed by atoms with Crippen LogP contribution in [0.3, 0.4) is 0 Å². The van der Waals surface area contributed by atoms with Crippen LogP contribution in [0.2, 0.25) is 0 Å². The summed E-state index contributed by atoms with van der Waals surface area (Å²) in [6, 6.07) is 5.24. The van der Waals surface area contributed by atoms with Gasteiger partial charge in [0, 0.05) is 25.3 Å². The molecule has 1 aromatic carbocycles. The molecule has 21 heavy (non-hydrogen) atoms. The predicted molar refractivity (Wildman–Crippen MR) is 75.7 cm³/mol. The Morgan fingerprint density at radius 2 is 2.00 bits per heavy atom. The van der Waals surface area contributed by atoms with Gasteiger partial charge in [0.1, 0.15) is 5.75 Å². The lowest BCUT2D eigenvalue weighted by Crippen LogP contribution is -2.42. The molecule has 1 aliphatic carbocycles. The second kappa shape index (κ2) is 5.28. The molecule has 1 fully saturated rings. The van der Waals surface area contributed by atoms with Gasteiger partial charge < -0.3 is 10.0 Å². The van der Waals surface area contributed by atoms with E-state index in [0.717, 1.165) is 18.4 Å². The third-order valence-corrected chi connectivity index (χ3v) is 4.53. The minimum absolute atomic E-state index is 0.0988. The molecule has 1 N–H and O–H groups in total. The summed E-state index contributed by atoms with van der Waals surface area (Å²) in [7, 11) is 0. The first-order valence-corrected chi connectivity index (χ1v) is 7.48. The Morgan fingerprint density at radius 3 is 2.71 bits per heavy atom. The van der Waals surface area contributed by atoms with E-state index in [4.69, 9.17) is 0 Å². The van der Waals surface area contributed by atoms with Crippen molar-refractivity contribution in [2.24, 2.45) is 5.92 Å². The maximum atomic E-state index is 13.2. The van der Waals surface area contributed by atoms with Crippen molar-refractivity contribution in [2.45, 2.75) is 44.4 Å². The fourth-order valence-electron chi connectivity index (χ4n) is 3.36. The van der Waals surface area contributed by atoms with Gasteiger partial charge in [-0.3, -0.25) is 4.79 Å². The number of benzene rings is 1. The van der Waals surface area contributed by atoms with Gasteiger partial charge in [-0.1, -0.05) is 12.1 Å². The van der Waals surface area contributed by atoms with Crippen LogP contribution < -0.4 is 4.90 Å². The molecule has 1 heterocycles. The highest BCUT2D eigenvalue weighted by Gasteiger charge is 2.39. The first-order chi connectivity index (χ1) is 9.98. The zero-order chi connectivity index (χ0) is 15.0. The van der Waals surface area contributed by atoms with Gasteiger partial charge in [0.2, 0.25) is 11.8 Å². The van der Waals surface area contributed by atoms with Crippen molar-refractivity contribution in [3.63, 3.8) is 0 Å². The third kappa shape index (κ3) is 2.74. The number of para-hydroxylation sites is 1. The molecule has 0 saturated heterocycles. The molecule has 1 aromatic rings. The highest BCUT2D eigenvalue weighted by Crippen LogP contribution is 2.40. The number of carbonyl (C=O) groups is 1. The number of halogens is 2. The molecule has 0 atom stereocenters. The lowest BCUT2D eigenvalue weighted by Gasteiger charge is -2.35. The molecule has 0 unspecified atom stereocenters. The second-order valence-corrected chi connectivity index (χ2v) is 6.01. The standard InChI is InChI=1S/C16H19F2NO2/c17-16(18)8-6-12(7-9-16)15(21)19-10-2-4-11-3-1-5-13(20)14(11)19/h1,3,5,12,20H,2,4,6-10H2. The number of rotatable bonds is 1. The van der Waals surface area contributed by atoms with Crippen molar-refractivity contribution < 1.29 is 18.7 Å². The number of phenols is 1. The predicted octanol–water partition coefficient (Wildman–Crippen LogP) is 3.50. The van der Waals surface area contributed by atoms with Crippen LogP contribution >= 0.6 is 0 Å². The minimum atomic E-state index is -2.63. The molecule has 3 nitrogen and oxygen atoms in total. The number of aromatic hydroxyl groups is 1. The number of fused-ring (bicyclic) bond motifs is 1. The number of amides is 1. The van der Waals surface area contributed by atoms with Crippen molar-refractivity contribution in [3.8, 4) is 5.75 Å².